The highest BCUT2D eigenvalue weighted by Gasteiger charge is 2.30. The number of rotatable bonds is 5. The number of likely N-dealkylation sites (tertiary alicyclic amines) is 1. The van der Waals surface area contributed by atoms with E-state index in [4.69, 9.17) is 21.1 Å². The average molecular weight is 400 g/mol. The standard InChI is InChI=1S/C21H22ClN3O3/c1-27-16-7-4-8-17(28-2)19(16)21(26)25-10-9-14(12-25)23-18-11-13-5-3-6-15(22)20(13)24-18/h3-8,11,14,23-24H,9-10,12H2,1-2H3/t14-/m1/s1. The minimum Gasteiger partial charge on any atom is -0.496 e. The van der Waals surface area contributed by atoms with Gasteiger partial charge in [0.2, 0.25) is 0 Å². The molecule has 1 aliphatic rings. The maximum absolute atomic E-state index is 13.1. The Morgan fingerprint density at radius 3 is 2.57 bits per heavy atom. The Kier molecular flexibility index (Phi) is 5.05. The molecular formula is C21H22ClN3O3. The SMILES string of the molecule is COc1cccc(OC)c1C(=O)N1CC[C@@H](Nc2cc3cccc(Cl)c3[nH]2)C1. The molecule has 146 valence electrons. The molecule has 4 rings (SSSR count). The van der Waals surface area contributed by atoms with E-state index in [0.29, 0.717) is 35.2 Å². The summed E-state index contributed by atoms with van der Waals surface area (Å²) in [6, 6.07) is 13.3. The van der Waals surface area contributed by atoms with E-state index >= 15 is 0 Å². The van der Waals surface area contributed by atoms with Crippen LogP contribution in [0.2, 0.25) is 5.02 Å². The number of methoxy groups -OCH3 is 2. The van der Waals surface area contributed by atoms with E-state index in [2.05, 4.69) is 10.3 Å². The van der Waals surface area contributed by atoms with Crippen LogP contribution < -0.4 is 14.8 Å². The van der Waals surface area contributed by atoms with Crippen molar-refractivity contribution in [3.63, 3.8) is 0 Å². The number of aromatic amines is 1. The number of halogens is 1. The molecule has 0 radical (unpaired) electrons. The van der Waals surface area contributed by atoms with Gasteiger partial charge in [0.15, 0.2) is 0 Å². The number of H-pyrrole nitrogens is 1. The van der Waals surface area contributed by atoms with Crippen molar-refractivity contribution in [2.45, 2.75) is 12.5 Å². The summed E-state index contributed by atoms with van der Waals surface area (Å²) in [6.07, 6.45) is 0.853. The van der Waals surface area contributed by atoms with Crippen LogP contribution >= 0.6 is 11.6 Å². The molecule has 2 N–H and O–H groups in total. The fourth-order valence-corrected chi connectivity index (χ4v) is 3.93. The lowest BCUT2D eigenvalue weighted by Crippen LogP contribution is -2.32. The van der Waals surface area contributed by atoms with Gasteiger partial charge in [-0.2, -0.15) is 0 Å². The zero-order valence-electron chi connectivity index (χ0n) is 15.8. The number of carbonyl (C=O) groups is 1. The van der Waals surface area contributed by atoms with Crippen LogP contribution in [0.25, 0.3) is 10.9 Å². The molecule has 1 aromatic heterocycles. The Hall–Kier alpha value is -2.86. The third-order valence-electron chi connectivity index (χ3n) is 5.08. The summed E-state index contributed by atoms with van der Waals surface area (Å²) >= 11 is 6.24. The molecule has 0 unspecified atom stereocenters. The van der Waals surface area contributed by atoms with Crippen molar-refractivity contribution in [2.24, 2.45) is 0 Å². The third kappa shape index (κ3) is 3.36. The van der Waals surface area contributed by atoms with Gasteiger partial charge in [-0.1, -0.05) is 29.8 Å². The highest BCUT2D eigenvalue weighted by molar-refractivity contribution is 6.35. The number of nitrogens with zero attached hydrogens (tertiary/aromatic N) is 1. The predicted molar refractivity (Wildman–Crippen MR) is 111 cm³/mol. The van der Waals surface area contributed by atoms with E-state index in [9.17, 15) is 4.79 Å². The molecular weight excluding hydrogens is 378 g/mol. The van der Waals surface area contributed by atoms with Gasteiger partial charge in [-0.15, -0.1) is 0 Å². The van der Waals surface area contributed by atoms with E-state index in [1.54, 1.807) is 26.4 Å². The number of anilines is 1. The minimum absolute atomic E-state index is 0.0849. The number of hydrogen-bond acceptors (Lipinski definition) is 4. The summed E-state index contributed by atoms with van der Waals surface area (Å²) in [7, 11) is 3.11. The summed E-state index contributed by atoms with van der Waals surface area (Å²) in [5.41, 5.74) is 1.38. The third-order valence-corrected chi connectivity index (χ3v) is 5.40. The first-order valence-electron chi connectivity index (χ1n) is 9.14. The Morgan fingerprint density at radius 1 is 1.18 bits per heavy atom. The number of carbonyl (C=O) groups excluding carboxylic acids is 1. The van der Waals surface area contributed by atoms with Crippen LogP contribution in [0, 0.1) is 0 Å². The van der Waals surface area contributed by atoms with Gasteiger partial charge in [0, 0.05) is 24.5 Å². The Balaban J connectivity index is 1.49. The number of para-hydroxylation sites is 1. The highest BCUT2D eigenvalue weighted by atomic mass is 35.5. The van der Waals surface area contributed by atoms with Gasteiger partial charge in [0.05, 0.1) is 24.8 Å². The van der Waals surface area contributed by atoms with Gasteiger partial charge in [-0.3, -0.25) is 4.79 Å². The minimum atomic E-state index is -0.0849. The number of nitrogens with one attached hydrogen (secondary N) is 2. The lowest BCUT2D eigenvalue weighted by atomic mass is 10.1. The number of amides is 1. The molecule has 0 saturated carbocycles. The largest absolute Gasteiger partial charge is 0.496 e. The molecule has 3 aromatic rings. The summed E-state index contributed by atoms with van der Waals surface area (Å²) in [5.74, 6) is 1.85. The Labute approximate surface area is 168 Å². The molecule has 1 saturated heterocycles. The van der Waals surface area contributed by atoms with Crippen molar-refractivity contribution in [3.05, 3.63) is 53.1 Å². The number of hydrogen-bond donors (Lipinski definition) is 2. The molecule has 0 bridgehead atoms. The van der Waals surface area contributed by atoms with Gasteiger partial charge < -0.3 is 24.7 Å². The monoisotopic (exact) mass is 399 g/mol. The van der Waals surface area contributed by atoms with Crippen LogP contribution in [-0.2, 0) is 0 Å². The van der Waals surface area contributed by atoms with E-state index in [1.165, 1.54) is 0 Å². The van der Waals surface area contributed by atoms with Crippen LogP contribution in [0.3, 0.4) is 0 Å². The number of aromatic nitrogens is 1. The topological polar surface area (TPSA) is 66.6 Å². The molecule has 28 heavy (non-hydrogen) atoms. The van der Waals surface area contributed by atoms with Crippen LogP contribution in [0.1, 0.15) is 16.8 Å². The van der Waals surface area contributed by atoms with Crippen molar-refractivity contribution < 1.29 is 14.3 Å². The van der Waals surface area contributed by atoms with E-state index < -0.39 is 0 Å². The fourth-order valence-electron chi connectivity index (χ4n) is 3.70. The second-order valence-electron chi connectivity index (χ2n) is 6.81. The molecule has 0 aliphatic carbocycles. The quantitative estimate of drug-likeness (QED) is 0.675. The van der Waals surface area contributed by atoms with Gasteiger partial charge in [0.25, 0.3) is 5.91 Å². The Morgan fingerprint density at radius 2 is 1.89 bits per heavy atom. The van der Waals surface area contributed by atoms with E-state index in [-0.39, 0.29) is 11.9 Å². The first-order chi connectivity index (χ1) is 13.6. The second-order valence-corrected chi connectivity index (χ2v) is 7.21. The van der Waals surface area contributed by atoms with Gasteiger partial charge in [-0.25, -0.2) is 0 Å². The molecule has 0 spiro atoms. The van der Waals surface area contributed by atoms with Crippen LogP contribution in [-0.4, -0.2) is 49.1 Å². The molecule has 1 aliphatic heterocycles. The average Bonchev–Trinajstić information content (AvgIpc) is 3.34. The van der Waals surface area contributed by atoms with E-state index in [0.717, 1.165) is 23.1 Å². The Bertz CT molecular complexity index is 995. The van der Waals surface area contributed by atoms with Crippen LogP contribution in [0.15, 0.2) is 42.5 Å². The van der Waals surface area contributed by atoms with Crippen LogP contribution in [0.4, 0.5) is 5.82 Å². The smallest absolute Gasteiger partial charge is 0.261 e. The van der Waals surface area contributed by atoms with Crippen molar-refractivity contribution in [2.75, 3.05) is 32.6 Å². The summed E-state index contributed by atoms with van der Waals surface area (Å²) < 4.78 is 10.8. The number of fused-ring (bicyclic) bond motifs is 1. The lowest BCUT2D eigenvalue weighted by molar-refractivity contribution is 0.0784. The molecule has 7 heteroatoms. The maximum Gasteiger partial charge on any atom is 0.261 e. The molecule has 1 fully saturated rings. The predicted octanol–water partition coefficient (Wildman–Crippen LogP) is 4.17. The molecule has 1 amide bonds. The normalized spacial score (nSPS) is 16.4. The summed E-state index contributed by atoms with van der Waals surface area (Å²) in [6.45, 7) is 1.27. The van der Waals surface area contributed by atoms with Crippen molar-refractivity contribution >= 4 is 34.2 Å². The lowest BCUT2D eigenvalue weighted by Gasteiger charge is -2.20. The zero-order chi connectivity index (χ0) is 19.7. The van der Waals surface area contributed by atoms with Gasteiger partial charge >= 0.3 is 0 Å². The zero-order valence-corrected chi connectivity index (χ0v) is 16.5. The molecule has 6 nitrogen and oxygen atoms in total. The molecule has 1 atom stereocenters. The maximum atomic E-state index is 13.1. The molecule has 2 aromatic carbocycles. The van der Waals surface area contributed by atoms with E-state index in [1.807, 2.05) is 35.2 Å². The number of ether oxygens (including phenoxy) is 2. The summed E-state index contributed by atoms with van der Waals surface area (Å²) in [5, 5.41) is 5.23. The first kappa shape index (κ1) is 18.5. The first-order valence-corrected chi connectivity index (χ1v) is 9.52. The highest BCUT2D eigenvalue weighted by Crippen LogP contribution is 2.31. The number of benzene rings is 2. The fraction of sp³-hybridized carbons (Fsp3) is 0.286. The van der Waals surface area contributed by atoms with Crippen LogP contribution in [0.5, 0.6) is 11.5 Å². The van der Waals surface area contributed by atoms with Crippen molar-refractivity contribution in [1.29, 1.82) is 0 Å². The van der Waals surface area contributed by atoms with Crippen molar-refractivity contribution in [1.82, 2.24) is 9.88 Å². The second kappa shape index (κ2) is 7.64. The van der Waals surface area contributed by atoms with Gasteiger partial charge in [0.1, 0.15) is 22.9 Å². The summed E-state index contributed by atoms with van der Waals surface area (Å²) in [4.78, 5) is 18.2. The molecule has 2 heterocycles. The van der Waals surface area contributed by atoms with Crippen molar-refractivity contribution in [3.8, 4) is 11.5 Å². The van der Waals surface area contributed by atoms with Gasteiger partial charge in [-0.05, 0) is 30.7 Å².